The molecule has 22 heavy (non-hydrogen) atoms. The Kier molecular flexibility index (Phi) is 3.97. The molecule has 3 heteroatoms. The van der Waals surface area contributed by atoms with E-state index in [1.165, 1.54) is 27.1 Å². The SMILES string of the molecule is NC(=O)C1CCCc2c1ccc1c2ccc2ccccc21.[As]. The average Bonchev–Trinajstić information content (AvgIpc) is 2.53. The van der Waals surface area contributed by atoms with Gasteiger partial charge < -0.3 is 5.73 Å². The molecule has 109 valence electrons. The van der Waals surface area contributed by atoms with E-state index in [4.69, 9.17) is 5.73 Å². The van der Waals surface area contributed by atoms with E-state index in [9.17, 15) is 4.79 Å². The second-order valence-electron chi connectivity index (χ2n) is 5.86. The van der Waals surface area contributed by atoms with Gasteiger partial charge >= 0.3 is 0 Å². The molecule has 0 aromatic heterocycles. The van der Waals surface area contributed by atoms with Crippen LogP contribution in [0.15, 0.2) is 48.5 Å². The molecule has 0 bridgehead atoms. The number of hydrogen-bond acceptors (Lipinski definition) is 1. The van der Waals surface area contributed by atoms with Crippen molar-refractivity contribution in [1.82, 2.24) is 0 Å². The predicted octanol–water partition coefficient (Wildman–Crippen LogP) is 3.52. The van der Waals surface area contributed by atoms with Crippen molar-refractivity contribution in [2.45, 2.75) is 25.2 Å². The molecular formula is C19H17AsNO. The van der Waals surface area contributed by atoms with Gasteiger partial charge in [-0.3, -0.25) is 4.79 Å². The molecule has 2 N–H and O–H groups in total. The minimum Gasteiger partial charge on any atom is -0.369 e. The number of hydrogen-bond donors (Lipinski definition) is 1. The van der Waals surface area contributed by atoms with E-state index in [2.05, 4.69) is 48.5 Å². The molecule has 1 atom stereocenters. The second kappa shape index (κ2) is 5.77. The minimum absolute atomic E-state index is 0. The van der Waals surface area contributed by atoms with E-state index in [-0.39, 0.29) is 29.8 Å². The summed E-state index contributed by atoms with van der Waals surface area (Å²) >= 11 is 0. The van der Waals surface area contributed by atoms with Crippen LogP contribution in [0, 0.1) is 0 Å². The van der Waals surface area contributed by atoms with Gasteiger partial charge in [0.05, 0.1) is 5.92 Å². The van der Waals surface area contributed by atoms with E-state index in [0.717, 1.165) is 24.8 Å². The van der Waals surface area contributed by atoms with Crippen molar-refractivity contribution in [1.29, 1.82) is 0 Å². The first-order valence-electron chi connectivity index (χ1n) is 7.48. The number of fused-ring (bicyclic) bond motifs is 5. The number of nitrogens with two attached hydrogens (primary N) is 1. The molecule has 1 aliphatic rings. The molecule has 0 aliphatic heterocycles. The maximum Gasteiger partial charge on any atom is 0.224 e. The Morgan fingerprint density at radius 3 is 2.55 bits per heavy atom. The molecule has 0 saturated heterocycles. The first-order valence-corrected chi connectivity index (χ1v) is 7.48. The first kappa shape index (κ1) is 15.1. The van der Waals surface area contributed by atoms with Crippen LogP contribution < -0.4 is 5.73 Å². The first-order chi connectivity index (χ1) is 10.3. The topological polar surface area (TPSA) is 43.1 Å². The van der Waals surface area contributed by atoms with Crippen molar-refractivity contribution < 1.29 is 4.79 Å². The molecule has 3 aromatic carbocycles. The van der Waals surface area contributed by atoms with Crippen molar-refractivity contribution >= 4 is 45.4 Å². The molecule has 0 saturated carbocycles. The van der Waals surface area contributed by atoms with Crippen molar-refractivity contribution in [2.24, 2.45) is 5.73 Å². The van der Waals surface area contributed by atoms with Crippen LogP contribution in [0.5, 0.6) is 0 Å². The Balaban J connectivity index is 0.00000144. The number of aryl methyl sites for hydroxylation is 1. The molecular weight excluding hydrogens is 333 g/mol. The summed E-state index contributed by atoms with van der Waals surface area (Å²) in [6, 6.07) is 17.1. The Hall–Kier alpha value is -1.79. The maximum absolute atomic E-state index is 11.7. The van der Waals surface area contributed by atoms with Crippen LogP contribution in [0.4, 0.5) is 0 Å². The molecule has 3 radical (unpaired) electrons. The Bertz CT molecular complexity index is 872. The Labute approximate surface area is 141 Å². The fraction of sp³-hybridized carbons (Fsp3) is 0.211. The summed E-state index contributed by atoms with van der Waals surface area (Å²) in [6.07, 6.45) is 2.95. The van der Waals surface area contributed by atoms with Crippen LogP contribution in [-0.2, 0) is 11.2 Å². The van der Waals surface area contributed by atoms with Gasteiger partial charge in [-0.2, -0.15) is 0 Å². The van der Waals surface area contributed by atoms with Gasteiger partial charge in [0.25, 0.3) is 0 Å². The van der Waals surface area contributed by atoms with Crippen LogP contribution in [-0.4, -0.2) is 23.9 Å². The quantitative estimate of drug-likeness (QED) is 0.530. The fourth-order valence-corrected chi connectivity index (χ4v) is 3.71. The molecule has 1 aliphatic carbocycles. The predicted molar refractivity (Wildman–Crippen MR) is 92.1 cm³/mol. The molecule has 1 unspecified atom stereocenters. The number of rotatable bonds is 1. The van der Waals surface area contributed by atoms with Crippen LogP contribution in [0.1, 0.15) is 29.9 Å². The van der Waals surface area contributed by atoms with E-state index < -0.39 is 0 Å². The monoisotopic (exact) mass is 350 g/mol. The minimum atomic E-state index is -0.198. The summed E-state index contributed by atoms with van der Waals surface area (Å²) in [7, 11) is 0. The number of carbonyl (C=O) groups is 1. The zero-order valence-electron chi connectivity index (χ0n) is 12.3. The molecule has 0 spiro atoms. The second-order valence-corrected chi connectivity index (χ2v) is 5.86. The van der Waals surface area contributed by atoms with Crippen LogP contribution >= 0.6 is 0 Å². The van der Waals surface area contributed by atoms with E-state index >= 15 is 0 Å². The number of carbonyl (C=O) groups excluding carboxylic acids is 1. The summed E-state index contributed by atoms with van der Waals surface area (Å²) in [6.45, 7) is 0. The van der Waals surface area contributed by atoms with Crippen molar-refractivity contribution in [2.75, 3.05) is 0 Å². The number of primary amides is 1. The fourth-order valence-electron chi connectivity index (χ4n) is 3.71. The standard InChI is InChI=1S/C19H17NO.As/c20-19(21)18-7-3-6-14-16-9-8-12-4-1-2-5-13(12)15(16)10-11-17(14)18;/h1-2,4-5,8-11,18H,3,6-7H2,(H2,20,21);. The third kappa shape index (κ3) is 2.23. The third-order valence-corrected chi connectivity index (χ3v) is 4.71. The summed E-state index contributed by atoms with van der Waals surface area (Å²) < 4.78 is 0. The Morgan fingerprint density at radius 2 is 1.73 bits per heavy atom. The number of amides is 1. The Morgan fingerprint density at radius 1 is 0.955 bits per heavy atom. The van der Waals surface area contributed by atoms with Crippen LogP contribution in [0.25, 0.3) is 21.5 Å². The van der Waals surface area contributed by atoms with Gasteiger partial charge in [-0.15, -0.1) is 0 Å². The van der Waals surface area contributed by atoms with Crippen molar-refractivity contribution in [3.05, 3.63) is 59.7 Å². The summed E-state index contributed by atoms with van der Waals surface area (Å²) in [5.74, 6) is -0.319. The number of benzene rings is 3. The normalized spacial score (nSPS) is 17.0. The van der Waals surface area contributed by atoms with Gasteiger partial charge in [0.15, 0.2) is 0 Å². The van der Waals surface area contributed by atoms with E-state index in [1.807, 2.05) is 0 Å². The third-order valence-electron chi connectivity index (χ3n) is 4.71. The molecule has 3 aromatic rings. The van der Waals surface area contributed by atoms with Gasteiger partial charge in [-0.25, -0.2) is 0 Å². The summed E-state index contributed by atoms with van der Waals surface area (Å²) in [4.78, 5) is 11.7. The van der Waals surface area contributed by atoms with Crippen LogP contribution in [0.3, 0.4) is 0 Å². The molecule has 2 nitrogen and oxygen atoms in total. The van der Waals surface area contributed by atoms with Gasteiger partial charge in [-0.05, 0) is 51.9 Å². The summed E-state index contributed by atoms with van der Waals surface area (Å²) in [5, 5.41) is 5.08. The van der Waals surface area contributed by atoms with E-state index in [1.54, 1.807) is 0 Å². The van der Waals surface area contributed by atoms with Crippen molar-refractivity contribution in [3.8, 4) is 0 Å². The smallest absolute Gasteiger partial charge is 0.224 e. The van der Waals surface area contributed by atoms with Gasteiger partial charge in [0, 0.05) is 18.0 Å². The maximum atomic E-state index is 11.7. The average molecular weight is 350 g/mol. The van der Waals surface area contributed by atoms with E-state index in [0.29, 0.717) is 0 Å². The largest absolute Gasteiger partial charge is 0.369 e. The zero-order chi connectivity index (χ0) is 14.4. The molecule has 4 rings (SSSR count). The van der Waals surface area contributed by atoms with Crippen molar-refractivity contribution in [3.63, 3.8) is 0 Å². The van der Waals surface area contributed by atoms with Gasteiger partial charge in [-0.1, -0.05) is 48.5 Å². The van der Waals surface area contributed by atoms with Gasteiger partial charge in [0.1, 0.15) is 0 Å². The summed E-state index contributed by atoms with van der Waals surface area (Å²) in [5.41, 5.74) is 8.03. The molecule has 0 fully saturated rings. The molecule has 0 heterocycles. The van der Waals surface area contributed by atoms with Crippen LogP contribution in [0.2, 0.25) is 0 Å². The van der Waals surface area contributed by atoms with Gasteiger partial charge in [0.2, 0.25) is 5.91 Å². The zero-order valence-corrected chi connectivity index (χ0v) is 14.1. The molecule has 1 amide bonds.